The smallest absolute Gasteiger partial charge is 0.281 e. The lowest BCUT2D eigenvalue weighted by Gasteiger charge is -2.03. The number of nitrogens with zero attached hydrogens (tertiary/aromatic N) is 3. The van der Waals surface area contributed by atoms with Gasteiger partial charge < -0.3 is 0 Å². The van der Waals surface area contributed by atoms with Crippen molar-refractivity contribution >= 4 is 11.7 Å². The number of fused-ring (bicyclic) bond motifs is 1. The van der Waals surface area contributed by atoms with Gasteiger partial charge in [0.05, 0.1) is 0 Å². The highest BCUT2D eigenvalue weighted by Crippen LogP contribution is 2.21. The molecular weight excluding hydrogens is 200 g/mol. The zero-order valence-electron chi connectivity index (χ0n) is 8.11. The monoisotopic (exact) mass is 209 g/mol. The van der Waals surface area contributed by atoms with Crippen molar-refractivity contribution in [3.05, 3.63) is 35.8 Å². The minimum absolute atomic E-state index is 0.330. The molecule has 5 heteroatoms. The van der Waals surface area contributed by atoms with E-state index >= 15 is 0 Å². The second-order valence-corrected chi connectivity index (χ2v) is 3.15. The molecular formula is C10H9F2N3. The first kappa shape index (κ1) is 9.76. The van der Waals surface area contributed by atoms with Crippen molar-refractivity contribution in [3.8, 4) is 0 Å². The van der Waals surface area contributed by atoms with Crippen LogP contribution < -0.4 is 0 Å². The van der Waals surface area contributed by atoms with E-state index in [9.17, 15) is 8.78 Å². The first-order chi connectivity index (χ1) is 7.15. The molecule has 0 amide bonds. The first-order valence-electron chi connectivity index (χ1n) is 4.40. The van der Waals surface area contributed by atoms with Crippen LogP contribution in [0.3, 0.4) is 0 Å². The minimum Gasteiger partial charge on any atom is -0.281 e. The maximum atomic E-state index is 12.5. The van der Waals surface area contributed by atoms with E-state index in [1.807, 2.05) is 0 Å². The van der Waals surface area contributed by atoms with Gasteiger partial charge in [0.1, 0.15) is 0 Å². The quantitative estimate of drug-likeness (QED) is 0.761. The number of aromatic nitrogens is 3. The molecule has 0 aliphatic carbocycles. The van der Waals surface area contributed by atoms with Gasteiger partial charge in [0.15, 0.2) is 5.65 Å². The van der Waals surface area contributed by atoms with Gasteiger partial charge in [0.2, 0.25) is 5.82 Å². The third kappa shape index (κ3) is 1.40. The summed E-state index contributed by atoms with van der Waals surface area (Å²) in [5.74, 6) is -0.330. The van der Waals surface area contributed by atoms with Gasteiger partial charge in [0.25, 0.3) is 6.43 Å². The molecule has 2 aromatic rings. The van der Waals surface area contributed by atoms with Crippen LogP contribution in [0.25, 0.3) is 11.7 Å². The number of hydrogen-bond donors (Lipinski definition) is 0. The second-order valence-electron chi connectivity index (χ2n) is 3.15. The van der Waals surface area contributed by atoms with Crippen LogP contribution in [0.4, 0.5) is 8.78 Å². The molecule has 2 aromatic heterocycles. The lowest BCUT2D eigenvalue weighted by molar-refractivity contribution is 0.139. The topological polar surface area (TPSA) is 30.2 Å². The van der Waals surface area contributed by atoms with Crippen LogP contribution in [0.15, 0.2) is 18.8 Å². The summed E-state index contributed by atoms with van der Waals surface area (Å²) in [6.07, 6.45) is 0.571. The van der Waals surface area contributed by atoms with Gasteiger partial charge in [-0.2, -0.15) is 0 Å². The highest BCUT2D eigenvalue weighted by Gasteiger charge is 2.16. The number of alkyl halides is 2. The van der Waals surface area contributed by atoms with Gasteiger partial charge in [-0.15, -0.1) is 10.2 Å². The zero-order valence-corrected chi connectivity index (χ0v) is 8.11. The molecule has 0 N–H and O–H groups in total. The van der Waals surface area contributed by atoms with E-state index in [0.29, 0.717) is 5.65 Å². The van der Waals surface area contributed by atoms with Crippen LogP contribution in [0.1, 0.15) is 23.4 Å². The maximum absolute atomic E-state index is 12.5. The molecule has 15 heavy (non-hydrogen) atoms. The minimum atomic E-state index is -2.62. The molecule has 0 atom stereocenters. The third-order valence-corrected chi connectivity index (χ3v) is 2.31. The number of rotatable bonds is 2. The predicted octanol–water partition coefficient (Wildman–Crippen LogP) is 2.62. The van der Waals surface area contributed by atoms with Gasteiger partial charge in [-0.25, -0.2) is 8.78 Å². The SMILES string of the molecule is C=Cc1ccn2c(C(F)F)nnc2c1C. The number of pyridine rings is 1. The number of halogens is 2. The van der Waals surface area contributed by atoms with E-state index in [4.69, 9.17) is 0 Å². The summed E-state index contributed by atoms with van der Waals surface area (Å²) in [4.78, 5) is 0. The van der Waals surface area contributed by atoms with Crippen LogP contribution in [0, 0.1) is 6.92 Å². The van der Waals surface area contributed by atoms with Crippen molar-refractivity contribution in [2.24, 2.45) is 0 Å². The van der Waals surface area contributed by atoms with Gasteiger partial charge in [-0.05, 0) is 18.6 Å². The lowest BCUT2D eigenvalue weighted by Crippen LogP contribution is -1.96. The molecule has 0 saturated carbocycles. The molecule has 0 aliphatic heterocycles. The fraction of sp³-hybridized carbons (Fsp3) is 0.200. The summed E-state index contributed by atoms with van der Waals surface area (Å²) in [5, 5.41) is 7.19. The molecule has 0 radical (unpaired) electrons. The first-order valence-corrected chi connectivity index (χ1v) is 4.40. The van der Waals surface area contributed by atoms with Crippen molar-refractivity contribution in [3.63, 3.8) is 0 Å². The van der Waals surface area contributed by atoms with Crippen LogP contribution in [-0.4, -0.2) is 14.6 Å². The highest BCUT2D eigenvalue weighted by molar-refractivity contribution is 5.61. The molecule has 2 heterocycles. The Bertz CT molecular complexity index is 517. The Morgan fingerprint density at radius 1 is 1.47 bits per heavy atom. The van der Waals surface area contributed by atoms with Crippen molar-refractivity contribution < 1.29 is 8.78 Å². The Morgan fingerprint density at radius 2 is 2.20 bits per heavy atom. The van der Waals surface area contributed by atoms with Crippen molar-refractivity contribution in [1.82, 2.24) is 14.6 Å². The Hall–Kier alpha value is -1.78. The fourth-order valence-corrected chi connectivity index (χ4v) is 1.48. The zero-order chi connectivity index (χ0) is 11.0. The van der Waals surface area contributed by atoms with Crippen LogP contribution in [-0.2, 0) is 0 Å². The van der Waals surface area contributed by atoms with Gasteiger partial charge in [-0.3, -0.25) is 4.40 Å². The van der Waals surface area contributed by atoms with E-state index in [1.165, 1.54) is 10.6 Å². The second kappa shape index (κ2) is 3.42. The lowest BCUT2D eigenvalue weighted by atomic mass is 10.1. The molecule has 0 unspecified atom stereocenters. The average molecular weight is 209 g/mol. The summed E-state index contributed by atoms with van der Waals surface area (Å²) in [5.41, 5.74) is 2.12. The molecule has 2 rings (SSSR count). The summed E-state index contributed by atoms with van der Waals surface area (Å²) in [7, 11) is 0. The van der Waals surface area contributed by atoms with E-state index in [2.05, 4.69) is 16.8 Å². The van der Waals surface area contributed by atoms with Gasteiger partial charge in [-0.1, -0.05) is 12.7 Å². The highest BCUT2D eigenvalue weighted by atomic mass is 19.3. The fourth-order valence-electron chi connectivity index (χ4n) is 1.48. The molecule has 0 aromatic carbocycles. The largest absolute Gasteiger partial charge is 0.297 e. The molecule has 0 saturated heterocycles. The molecule has 0 fully saturated rings. The number of aryl methyl sites for hydroxylation is 1. The van der Waals surface area contributed by atoms with E-state index < -0.39 is 6.43 Å². The maximum Gasteiger partial charge on any atom is 0.297 e. The Balaban J connectivity index is 2.75. The van der Waals surface area contributed by atoms with Crippen molar-refractivity contribution in [2.45, 2.75) is 13.3 Å². The van der Waals surface area contributed by atoms with E-state index in [0.717, 1.165) is 11.1 Å². The normalized spacial score (nSPS) is 11.2. The molecule has 0 aliphatic rings. The predicted molar refractivity (Wildman–Crippen MR) is 52.8 cm³/mol. The van der Waals surface area contributed by atoms with Gasteiger partial charge >= 0.3 is 0 Å². The summed E-state index contributed by atoms with van der Waals surface area (Å²) >= 11 is 0. The Kier molecular flexibility index (Phi) is 2.22. The molecule has 3 nitrogen and oxygen atoms in total. The standard InChI is InChI=1S/C10H9F2N3/c1-3-7-4-5-15-9(6(7)2)13-14-10(15)8(11)12/h3-5,8H,1H2,2H3. The summed E-state index contributed by atoms with van der Waals surface area (Å²) in [6, 6.07) is 1.71. The molecule has 0 spiro atoms. The summed E-state index contributed by atoms with van der Waals surface area (Å²) < 4.78 is 26.3. The summed E-state index contributed by atoms with van der Waals surface area (Å²) in [6.45, 7) is 5.44. The Morgan fingerprint density at radius 3 is 2.80 bits per heavy atom. The van der Waals surface area contributed by atoms with Crippen LogP contribution in [0.2, 0.25) is 0 Å². The third-order valence-electron chi connectivity index (χ3n) is 2.31. The average Bonchev–Trinajstić information content (AvgIpc) is 2.62. The van der Waals surface area contributed by atoms with E-state index in [-0.39, 0.29) is 5.82 Å². The number of hydrogen-bond acceptors (Lipinski definition) is 2. The molecule has 78 valence electrons. The van der Waals surface area contributed by atoms with E-state index in [1.54, 1.807) is 19.1 Å². The molecule has 0 bridgehead atoms. The van der Waals surface area contributed by atoms with Crippen LogP contribution >= 0.6 is 0 Å². The Labute approximate surface area is 85.1 Å². The van der Waals surface area contributed by atoms with Crippen molar-refractivity contribution in [1.29, 1.82) is 0 Å². The van der Waals surface area contributed by atoms with Crippen molar-refractivity contribution in [2.75, 3.05) is 0 Å². The van der Waals surface area contributed by atoms with Gasteiger partial charge in [0, 0.05) is 11.8 Å². The van der Waals surface area contributed by atoms with Crippen LogP contribution in [0.5, 0.6) is 0 Å².